The normalized spacial score (nSPS) is 18.1. The first-order chi connectivity index (χ1) is 13.2. The van der Waals surface area contributed by atoms with E-state index in [1.807, 2.05) is 0 Å². The second kappa shape index (κ2) is 11.7. The van der Waals surface area contributed by atoms with Crippen LogP contribution in [0, 0.1) is 5.92 Å². The topological polar surface area (TPSA) is 64.1 Å². The number of guanidine groups is 1. The lowest BCUT2D eigenvalue weighted by Gasteiger charge is -2.13. The first-order valence-corrected chi connectivity index (χ1v) is 10.2. The van der Waals surface area contributed by atoms with Crippen LogP contribution in [0.25, 0.3) is 0 Å². The van der Waals surface area contributed by atoms with Gasteiger partial charge < -0.3 is 24.8 Å². The second-order valence-corrected chi connectivity index (χ2v) is 7.40. The van der Waals surface area contributed by atoms with Crippen LogP contribution < -0.4 is 20.1 Å². The van der Waals surface area contributed by atoms with Crippen LogP contribution in [-0.4, -0.2) is 45.5 Å². The number of hydrogen-bond donors (Lipinski definition) is 2. The maximum atomic E-state index is 5.88. The fourth-order valence-corrected chi connectivity index (χ4v) is 3.22. The lowest BCUT2D eigenvalue weighted by molar-refractivity contribution is 0.123. The third kappa shape index (κ3) is 6.99. The summed E-state index contributed by atoms with van der Waals surface area (Å²) in [5.41, 5.74) is 2.25. The van der Waals surface area contributed by atoms with Crippen molar-refractivity contribution in [3.05, 3.63) is 23.3 Å². The molecule has 6 nitrogen and oxygen atoms in total. The Kier molecular flexibility index (Phi) is 9.64. The molecule has 1 heterocycles. The van der Waals surface area contributed by atoms with Crippen LogP contribution in [-0.2, 0) is 17.7 Å². The lowest BCUT2D eigenvalue weighted by atomic mass is 10.1. The van der Waals surface area contributed by atoms with Crippen molar-refractivity contribution >= 4 is 29.9 Å². The molecule has 28 heavy (non-hydrogen) atoms. The lowest BCUT2D eigenvalue weighted by Crippen LogP contribution is -2.38. The van der Waals surface area contributed by atoms with Gasteiger partial charge in [0.1, 0.15) is 17.6 Å². The summed E-state index contributed by atoms with van der Waals surface area (Å²) in [6.45, 7) is 8.10. The number of methoxy groups -OCH3 is 1. The Bertz CT molecular complexity index is 650. The standard InChI is InChI=1S/C21H33N3O3.HI/c1-4-22-21(23-8-5-9-26-14-16-6-7-16)24-13-18-12-20-17(10-15(2)27-20)11-19(18)25-3;/h11-12,15-16H,4-10,13-14H2,1-3H3,(H2,22,23,24);1H. The average Bonchev–Trinajstić information content (AvgIpc) is 3.41. The van der Waals surface area contributed by atoms with Crippen molar-refractivity contribution in [2.24, 2.45) is 10.9 Å². The van der Waals surface area contributed by atoms with E-state index in [0.29, 0.717) is 6.54 Å². The van der Waals surface area contributed by atoms with Crippen molar-refractivity contribution in [1.29, 1.82) is 0 Å². The molecule has 0 radical (unpaired) electrons. The van der Waals surface area contributed by atoms with Crippen molar-refractivity contribution in [1.82, 2.24) is 10.6 Å². The predicted molar refractivity (Wildman–Crippen MR) is 123 cm³/mol. The van der Waals surface area contributed by atoms with Gasteiger partial charge in [0.05, 0.1) is 13.7 Å². The van der Waals surface area contributed by atoms with Gasteiger partial charge in [0, 0.05) is 43.9 Å². The fourth-order valence-electron chi connectivity index (χ4n) is 3.22. The van der Waals surface area contributed by atoms with Gasteiger partial charge in [-0.2, -0.15) is 0 Å². The van der Waals surface area contributed by atoms with Crippen molar-refractivity contribution in [3.8, 4) is 11.5 Å². The molecule has 3 rings (SSSR count). The van der Waals surface area contributed by atoms with E-state index in [2.05, 4.69) is 36.6 Å². The summed E-state index contributed by atoms with van der Waals surface area (Å²) in [5, 5.41) is 6.67. The van der Waals surface area contributed by atoms with E-state index in [1.165, 1.54) is 18.4 Å². The molecule has 2 aliphatic rings. The zero-order valence-electron chi connectivity index (χ0n) is 17.3. The molecule has 1 fully saturated rings. The van der Waals surface area contributed by atoms with Crippen molar-refractivity contribution in [2.45, 2.75) is 52.2 Å². The fraction of sp³-hybridized carbons (Fsp3) is 0.667. The summed E-state index contributed by atoms with van der Waals surface area (Å²) in [6, 6.07) is 4.15. The number of halogens is 1. The van der Waals surface area contributed by atoms with Crippen molar-refractivity contribution in [3.63, 3.8) is 0 Å². The van der Waals surface area contributed by atoms with E-state index < -0.39 is 0 Å². The van der Waals surface area contributed by atoms with E-state index in [9.17, 15) is 0 Å². The van der Waals surface area contributed by atoms with Crippen LogP contribution in [0.15, 0.2) is 17.1 Å². The van der Waals surface area contributed by atoms with Gasteiger partial charge in [0.25, 0.3) is 0 Å². The average molecular weight is 503 g/mol. The molecule has 1 atom stereocenters. The van der Waals surface area contributed by atoms with Crippen LogP contribution in [0.1, 0.15) is 44.2 Å². The summed E-state index contributed by atoms with van der Waals surface area (Å²) < 4.78 is 17.1. The maximum Gasteiger partial charge on any atom is 0.191 e. The summed E-state index contributed by atoms with van der Waals surface area (Å²) >= 11 is 0. The molecule has 0 aromatic heterocycles. The van der Waals surface area contributed by atoms with Gasteiger partial charge in [-0.25, -0.2) is 4.99 Å². The Morgan fingerprint density at radius 2 is 2.11 bits per heavy atom. The molecule has 1 aromatic rings. The molecule has 1 aliphatic carbocycles. The third-order valence-corrected chi connectivity index (χ3v) is 4.86. The molecule has 0 spiro atoms. The highest BCUT2D eigenvalue weighted by atomic mass is 127. The minimum Gasteiger partial charge on any atom is -0.496 e. The molecule has 1 aromatic carbocycles. The summed E-state index contributed by atoms with van der Waals surface area (Å²) in [6.07, 6.45) is 4.81. The molecule has 158 valence electrons. The number of benzene rings is 1. The molecular formula is C21H34IN3O3. The zero-order chi connectivity index (χ0) is 19.1. The number of nitrogens with zero attached hydrogens (tertiary/aromatic N) is 1. The number of hydrogen-bond acceptors (Lipinski definition) is 4. The largest absolute Gasteiger partial charge is 0.496 e. The summed E-state index contributed by atoms with van der Waals surface area (Å²) in [7, 11) is 1.71. The molecule has 0 saturated heterocycles. The van der Waals surface area contributed by atoms with E-state index in [0.717, 1.165) is 68.1 Å². The molecule has 1 unspecified atom stereocenters. The quantitative estimate of drug-likeness (QED) is 0.222. The van der Waals surface area contributed by atoms with E-state index in [-0.39, 0.29) is 30.1 Å². The van der Waals surface area contributed by atoms with Gasteiger partial charge >= 0.3 is 0 Å². The molecule has 7 heteroatoms. The summed E-state index contributed by atoms with van der Waals surface area (Å²) in [4.78, 5) is 4.71. The van der Waals surface area contributed by atoms with Crippen LogP contribution >= 0.6 is 24.0 Å². The minimum absolute atomic E-state index is 0. The van der Waals surface area contributed by atoms with Gasteiger partial charge in [-0.3, -0.25) is 0 Å². The van der Waals surface area contributed by atoms with Crippen LogP contribution in [0.3, 0.4) is 0 Å². The molecule has 0 bridgehead atoms. The van der Waals surface area contributed by atoms with E-state index >= 15 is 0 Å². The molecule has 0 amide bonds. The predicted octanol–water partition coefficient (Wildman–Crippen LogP) is 3.51. The highest BCUT2D eigenvalue weighted by Gasteiger charge is 2.22. The Balaban J connectivity index is 0.00000280. The van der Waals surface area contributed by atoms with Gasteiger partial charge in [-0.05, 0) is 51.2 Å². The van der Waals surface area contributed by atoms with Crippen LogP contribution in [0.5, 0.6) is 11.5 Å². The van der Waals surface area contributed by atoms with Gasteiger partial charge in [0.2, 0.25) is 0 Å². The van der Waals surface area contributed by atoms with Gasteiger partial charge in [-0.15, -0.1) is 24.0 Å². The molecule has 2 N–H and O–H groups in total. The minimum atomic E-state index is 0. The monoisotopic (exact) mass is 503 g/mol. The molecule has 1 aliphatic heterocycles. The molecule has 1 saturated carbocycles. The number of fused-ring (bicyclic) bond motifs is 1. The van der Waals surface area contributed by atoms with Crippen LogP contribution in [0.4, 0.5) is 0 Å². The van der Waals surface area contributed by atoms with Crippen molar-refractivity contribution < 1.29 is 14.2 Å². The van der Waals surface area contributed by atoms with E-state index in [1.54, 1.807) is 7.11 Å². The highest BCUT2D eigenvalue weighted by molar-refractivity contribution is 14.0. The number of nitrogens with one attached hydrogen (secondary N) is 2. The third-order valence-electron chi connectivity index (χ3n) is 4.86. The SMILES string of the molecule is CCNC(=NCc1cc2c(cc1OC)CC(C)O2)NCCCOCC1CC1.I. The van der Waals surface area contributed by atoms with Gasteiger partial charge in [0.15, 0.2) is 5.96 Å². The zero-order valence-corrected chi connectivity index (χ0v) is 19.6. The Morgan fingerprint density at radius 1 is 1.29 bits per heavy atom. The first kappa shape index (κ1) is 23.1. The Hall–Kier alpha value is -1.22. The number of rotatable bonds is 10. The summed E-state index contributed by atoms with van der Waals surface area (Å²) in [5.74, 6) is 3.47. The number of ether oxygens (including phenoxy) is 3. The number of aliphatic imine (C=N–C) groups is 1. The van der Waals surface area contributed by atoms with Crippen molar-refractivity contribution in [2.75, 3.05) is 33.4 Å². The Morgan fingerprint density at radius 3 is 2.82 bits per heavy atom. The molecular weight excluding hydrogens is 469 g/mol. The Labute approximate surface area is 185 Å². The van der Waals surface area contributed by atoms with Crippen LogP contribution in [0.2, 0.25) is 0 Å². The second-order valence-electron chi connectivity index (χ2n) is 7.40. The van der Waals surface area contributed by atoms with E-state index in [4.69, 9.17) is 19.2 Å². The smallest absolute Gasteiger partial charge is 0.191 e. The highest BCUT2D eigenvalue weighted by Crippen LogP contribution is 2.35. The maximum absolute atomic E-state index is 5.88. The first-order valence-electron chi connectivity index (χ1n) is 10.2. The van der Waals surface area contributed by atoms with Gasteiger partial charge in [-0.1, -0.05) is 0 Å².